The third-order valence-corrected chi connectivity index (χ3v) is 4.55. The molecule has 1 aromatic carbocycles. The molecule has 90 valence electrons. The van der Waals surface area contributed by atoms with Gasteiger partial charge in [-0.25, -0.2) is 4.98 Å². The lowest BCUT2D eigenvalue weighted by Gasteiger charge is -2.31. The number of anilines is 1. The van der Waals surface area contributed by atoms with Crippen LogP contribution in [0.3, 0.4) is 0 Å². The number of fused-ring (bicyclic) bond motifs is 1. The molecule has 0 unspecified atom stereocenters. The van der Waals surface area contributed by atoms with Crippen LogP contribution in [0.2, 0.25) is 0 Å². The highest BCUT2D eigenvalue weighted by atomic mass is 32.1. The summed E-state index contributed by atoms with van der Waals surface area (Å²) >= 11 is 1.81. The molecule has 1 aliphatic heterocycles. The first kappa shape index (κ1) is 11.0. The van der Waals surface area contributed by atoms with Gasteiger partial charge in [0.15, 0.2) is 5.13 Å². The van der Waals surface area contributed by atoms with Crippen molar-refractivity contribution in [2.24, 2.45) is 0 Å². The number of nitrogens with one attached hydrogen (secondary N) is 1. The Balaban J connectivity index is 1.80. The first-order valence-electron chi connectivity index (χ1n) is 6.14. The van der Waals surface area contributed by atoms with Gasteiger partial charge in [0.25, 0.3) is 0 Å². The summed E-state index contributed by atoms with van der Waals surface area (Å²) < 4.78 is 1.29. The summed E-state index contributed by atoms with van der Waals surface area (Å²) in [5, 5.41) is 4.54. The highest BCUT2D eigenvalue weighted by Crippen LogP contribution is 2.30. The van der Waals surface area contributed by atoms with Crippen molar-refractivity contribution in [2.45, 2.75) is 18.9 Å². The highest BCUT2D eigenvalue weighted by molar-refractivity contribution is 7.22. The van der Waals surface area contributed by atoms with Crippen molar-refractivity contribution in [3.63, 3.8) is 0 Å². The number of nitrogens with zero attached hydrogens (tertiary/aromatic N) is 2. The van der Waals surface area contributed by atoms with Crippen molar-refractivity contribution >= 4 is 26.7 Å². The second kappa shape index (κ2) is 4.63. The zero-order chi connectivity index (χ0) is 11.7. The first-order valence-corrected chi connectivity index (χ1v) is 6.96. The number of rotatable bonds is 2. The van der Waals surface area contributed by atoms with E-state index < -0.39 is 0 Å². The number of hydrogen-bond donors (Lipinski definition) is 1. The summed E-state index contributed by atoms with van der Waals surface area (Å²) in [7, 11) is 2.05. The topological polar surface area (TPSA) is 28.2 Å². The van der Waals surface area contributed by atoms with Crippen LogP contribution in [0.1, 0.15) is 12.8 Å². The van der Waals surface area contributed by atoms with Gasteiger partial charge in [0.05, 0.1) is 10.2 Å². The number of benzene rings is 1. The molecule has 0 amide bonds. The van der Waals surface area contributed by atoms with E-state index >= 15 is 0 Å². The molecule has 2 aromatic rings. The molecule has 1 saturated heterocycles. The van der Waals surface area contributed by atoms with E-state index in [-0.39, 0.29) is 0 Å². The van der Waals surface area contributed by atoms with E-state index in [2.05, 4.69) is 41.5 Å². The molecule has 1 aliphatic rings. The number of piperidine rings is 1. The maximum absolute atomic E-state index is 4.71. The van der Waals surface area contributed by atoms with Crippen molar-refractivity contribution in [3.05, 3.63) is 24.3 Å². The van der Waals surface area contributed by atoms with E-state index in [4.69, 9.17) is 4.98 Å². The van der Waals surface area contributed by atoms with E-state index in [1.807, 2.05) is 11.3 Å². The van der Waals surface area contributed by atoms with Crippen LogP contribution in [0.25, 0.3) is 10.2 Å². The Morgan fingerprint density at radius 1 is 1.29 bits per heavy atom. The van der Waals surface area contributed by atoms with Gasteiger partial charge in [0.1, 0.15) is 0 Å². The van der Waals surface area contributed by atoms with Gasteiger partial charge in [-0.1, -0.05) is 23.5 Å². The lowest BCUT2D eigenvalue weighted by atomic mass is 10.1. The predicted octanol–water partition coefficient (Wildman–Crippen LogP) is 2.48. The Morgan fingerprint density at radius 3 is 2.76 bits per heavy atom. The largest absolute Gasteiger partial charge is 0.348 e. The minimum atomic E-state index is 0.681. The average molecular weight is 247 g/mol. The fourth-order valence-corrected chi connectivity index (χ4v) is 3.37. The molecule has 0 aliphatic carbocycles. The molecule has 0 atom stereocenters. The van der Waals surface area contributed by atoms with Gasteiger partial charge in [-0.3, -0.25) is 0 Å². The van der Waals surface area contributed by atoms with Crippen molar-refractivity contribution < 1.29 is 0 Å². The quantitative estimate of drug-likeness (QED) is 0.883. The maximum Gasteiger partial charge on any atom is 0.186 e. The van der Waals surface area contributed by atoms with Gasteiger partial charge in [-0.05, 0) is 32.0 Å². The van der Waals surface area contributed by atoms with Gasteiger partial charge in [-0.2, -0.15) is 0 Å². The summed E-state index contributed by atoms with van der Waals surface area (Å²) in [6.07, 6.45) is 2.43. The molecule has 0 bridgehead atoms. The van der Waals surface area contributed by atoms with E-state index in [1.165, 1.54) is 22.7 Å². The van der Waals surface area contributed by atoms with Gasteiger partial charge in [-0.15, -0.1) is 0 Å². The lowest BCUT2D eigenvalue weighted by molar-refractivity contribution is 0.442. The minimum Gasteiger partial charge on any atom is -0.348 e. The first-order chi connectivity index (χ1) is 8.36. The van der Waals surface area contributed by atoms with Crippen LogP contribution < -0.4 is 10.2 Å². The highest BCUT2D eigenvalue weighted by Gasteiger charge is 2.20. The van der Waals surface area contributed by atoms with Gasteiger partial charge >= 0.3 is 0 Å². The second-order valence-electron chi connectivity index (χ2n) is 4.51. The number of hydrogen-bond acceptors (Lipinski definition) is 4. The Labute approximate surface area is 105 Å². The van der Waals surface area contributed by atoms with E-state index in [0.717, 1.165) is 18.6 Å². The van der Waals surface area contributed by atoms with Gasteiger partial charge in [0.2, 0.25) is 0 Å². The molecule has 3 nitrogen and oxygen atoms in total. The number of para-hydroxylation sites is 1. The van der Waals surface area contributed by atoms with Gasteiger partial charge in [0, 0.05) is 19.1 Å². The molecule has 3 rings (SSSR count). The summed E-state index contributed by atoms with van der Waals surface area (Å²) in [5.41, 5.74) is 1.13. The third-order valence-electron chi connectivity index (χ3n) is 3.46. The predicted molar refractivity (Wildman–Crippen MR) is 73.9 cm³/mol. The summed E-state index contributed by atoms with van der Waals surface area (Å²) in [6.45, 7) is 2.23. The van der Waals surface area contributed by atoms with Crippen molar-refractivity contribution in [1.82, 2.24) is 10.3 Å². The zero-order valence-corrected chi connectivity index (χ0v) is 10.8. The normalized spacial score (nSPS) is 17.8. The average Bonchev–Trinajstić information content (AvgIpc) is 2.82. The lowest BCUT2D eigenvalue weighted by Crippen LogP contribution is -2.41. The monoisotopic (exact) mass is 247 g/mol. The molecule has 0 radical (unpaired) electrons. The Morgan fingerprint density at radius 2 is 2.06 bits per heavy atom. The fraction of sp³-hybridized carbons (Fsp3) is 0.462. The molecule has 1 N–H and O–H groups in total. The van der Waals surface area contributed by atoms with Crippen LogP contribution >= 0.6 is 11.3 Å². The van der Waals surface area contributed by atoms with E-state index in [1.54, 1.807) is 0 Å². The molecule has 1 fully saturated rings. The molecular weight excluding hydrogens is 230 g/mol. The van der Waals surface area contributed by atoms with Crippen LogP contribution in [0.15, 0.2) is 24.3 Å². The number of aromatic nitrogens is 1. The Hall–Kier alpha value is -1.13. The van der Waals surface area contributed by atoms with Gasteiger partial charge < -0.3 is 10.2 Å². The fourth-order valence-electron chi connectivity index (χ4n) is 2.35. The molecule has 0 saturated carbocycles. The Bertz CT molecular complexity index is 467. The summed E-state index contributed by atoms with van der Waals surface area (Å²) in [6, 6.07) is 9.06. The third kappa shape index (κ3) is 2.15. The van der Waals surface area contributed by atoms with Crippen LogP contribution in [-0.4, -0.2) is 31.2 Å². The summed E-state index contributed by atoms with van der Waals surface area (Å²) in [4.78, 5) is 7.13. The maximum atomic E-state index is 4.71. The van der Waals surface area contributed by atoms with Crippen molar-refractivity contribution in [3.8, 4) is 0 Å². The molecule has 0 spiro atoms. The zero-order valence-electron chi connectivity index (χ0n) is 10.0. The number of thiazole rings is 1. The Kier molecular flexibility index (Phi) is 2.99. The molecule has 17 heavy (non-hydrogen) atoms. The van der Waals surface area contributed by atoms with Crippen LogP contribution in [-0.2, 0) is 0 Å². The standard InChI is InChI=1S/C13H17N3S/c1-14-10-6-8-16(9-7-10)13-15-11-4-2-3-5-12(11)17-13/h2-5,10,14H,6-9H2,1H3. The van der Waals surface area contributed by atoms with Crippen LogP contribution in [0, 0.1) is 0 Å². The molecule has 2 heterocycles. The van der Waals surface area contributed by atoms with Crippen molar-refractivity contribution in [2.75, 3.05) is 25.0 Å². The molecular formula is C13H17N3S. The minimum absolute atomic E-state index is 0.681. The molecule has 1 aromatic heterocycles. The van der Waals surface area contributed by atoms with E-state index in [9.17, 15) is 0 Å². The summed E-state index contributed by atoms with van der Waals surface area (Å²) in [5.74, 6) is 0. The smallest absolute Gasteiger partial charge is 0.186 e. The van der Waals surface area contributed by atoms with E-state index in [0.29, 0.717) is 6.04 Å². The van der Waals surface area contributed by atoms with Crippen LogP contribution in [0.4, 0.5) is 5.13 Å². The van der Waals surface area contributed by atoms with Crippen LogP contribution in [0.5, 0.6) is 0 Å². The second-order valence-corrected chi connectivity index (χ2v) is 5.52. The molecule has 4 heteroatoms. The SMILES string of the molecule is CNC1CCN(c2nc3ccccc3s2)CC1. The van der Waals surface area contributed by atoms with Crippen molar-refractivity contribution in [1.29, 1.82) is 0 Å².